The quantitative estimate of drug-likeness (QED) is 0.763. The molecule has 0 saturated heterocycles. The molecule has 0 fully saturated rings. The number of carbonyl (C=O) groups is 2. The number of hydrogen-bond donors (Lipinski definition) is 1. The zero-order valence-corrected chi connectivity index (χ0v) is 11.0. The molecule has 0 spiro atoms. The van der Waals surface area contributed by atoms with E-state index in [0.717, 1.165) is 0 Å². The van der Waals surface area contributed by atoms with Crippen molar-refractivity contribution in [1.29, 1.82) is 0 Å². The van der Waals surface area contributed by atoms with E-state index in [1.54, 1.807) is 7.05 Å². The van der Waals surface area contributed by atoms with Gasteiger partial charge in [-0.25, -0.2) is 9.18 Å². The number of benzene rings is 1. The van der Waals surface area contributed by atoms with Gasteiger partial charge in [-0.2, -0.15) is 0 Å². The van der Waals surface area contributed by atoms with Crippen LogP contribution in [0.5, 0.6) is 5.75 Å². The summed E-state index contributed by atoms with van der Waals surface area (Å²) in [5.74, 6) is -1.30. The Morgan fingerprint density at radius 2 is 1.90 bits per heavy atom. The first-order valence-electron chi connectivity index (χ1n) is 5.91. The van der Waals surface area contributed by atoms with Crippen molar-refractivity contribution in [3.05, 3.63) is 30.1 Å². The smallest absolute Gasteiger partial charge is 0.329 e. The van der Waals surface area contributed by atoms with E-state index in [9.17, 15) is 14.0 Å². The van der Waals surface area contributed by atoms with Crippen molar-refractivity contribution in [3.8, 4) is 5.75 Å². The number of amides is 1. The van der Waals surface area contributed by atoms with Gasteiger partial charge in [0.2, 0.25) is 5.91 Å². The van der Waals surface area contributed by atoms with Crippen molar-refractivity contribution in [2.24, 2.45) is 0 Å². The molecule has 6 nitrogen and oxygen atoms in total. The third kappa shape index (κ3) is 6.14. The van der Waals surface area contributed by atoms with E-state index in [-0.39, 0.29) is 24.9 Å². The second-order valence-electron chi connectivity index (χ2n) is 4.00. The first-order chi connectivity index (χ1) is 9.49. The maximum Gasteiger partial charge on any atom is 0.329 e. The highest BCUT2D eigenvalue weighted by molar-refractivity contribution is 5.77. The Kier molecular flexibility index (Phi) is 6.45. The van der Waals surface area contributed by atoms with Crippen LogP contribution in [0.3, 0.4) is 0 Å². The number of carboxylic acid groups (broad SMARTS) is 1. The molecule has 0 atom stereocenters. The molecule has 0 aliphatic rings. The predicted octanol–water partition coefficient (Wildman–Crippen LogP) is 0.764. The van der Waals surface area contributed by atoms with Gasteiger partial charge in [0.05, 0.1) is 6.54 Å². The molecule has 0 aliphatic heterocycles. The summed E-state index contributed by atoms with van der Waals surface area (Å²) < 4.78 is 22.7. The highest BCUT2D eigenvalue weighted by atomic mass is 19.1. The van der Waals surface area contributed by atoms with Crippen LogP contribution in [0.25, 0.3) is 0 Å². The first kappa shape index (κ1) is 15.9. The number of nitrogens with zero attached hydrogens (tertiary/aromatic N) is 1. The number of ether oxygens (including phenoxy) is 2. The molecule has 0 aliphatic carbocycles. The maximum atomic E-state index is 12.7. The lowest BCUT2D eigenvalue weighted by molar-refractivity contribution is -0.145. The summed E-state index contributed by atoms with van der Waals surface area (Å²) in [5, 5.41) is 8.36. The molecule has 1 aromatic carbocycles. The van der Waals surface area contributed by atoms with E-state index in [4.69, 9.17) is 9.84 Å². The van der Waals surface area contributed by atoms with E-state index in [1.807, 2.05) is 0 Å². The van der Waals surface area contributed by atoms with Gasteiger partial charge in [0.25, 0.3) is 0 Å². The van der Waals surface area contributed by atoms with Gasteiger partial charge < -0.3 is 19.5 Å². The second-order valence-corrected chi connectivity index (χ2v) is 4.00. The number of likely N-dealkylation sites (N-methyl/N-ethyl adjacent to an activating group) is 1. The monoisotopic (exact) mass is 285 g/mol. The van der Waals surface area contributed by atoms with Gasteiger partial charge in [-0.1, -0.05) is 0 Å². The lowest BCUT2D eigenvalue weighted by Gasteiger charge is -2.17. The standard InChI is InChI=1S/C13H16FNO5/c1-15(12(16)8-19-9-13(17)18)6-7-20-11-4-2-10(14)3-5-11/h2-5H,6-9H2,1H3,(H,17,18). The Morgan fingerprint density at radius 3 is 2.50 bits per heavy atom. The fourth-order valence-corrected chi connectivity index (χ4v) is 1.29. The molecular formula is C13H16FNO5. The largest absolute Gasteiger partial charge is 0.492 e. The molecule has 20 heavy (non-hydrogen) atoms. The van der Waals surface area contributed by atoms with Crippen molar-refractivity contribution in [2.45, 2.75) is 0 Å². The fraction of sp³-hybridized carbons (Fsp3) is 0.385. The zero-order valence-electron chi connectivity index (χ0n) is 11.0. The summed E-state index contributed by atoms with van der Waals surface area (Å²) in [5.41, 5.74) is 0. The summed E-state index contributed by atoms with van der Waals surface area (Å²) in [4.78, 5) is 23.1. The summed E-state index contributed by atoms with van der Waals surface area (Å²) >= 11 is 0. The Balaban J connectivity index is 2.21. The van der Waals surface area contributed by atoms with Gasteiger partial charge in [-0.15, -0.1) is 0 Å². The van der Waals surface area contributed by atoms with Crippen LogP contribution in [0, 0.1) is 5.82 Å². The number of carbonyl (C=O) groups excluding carboxylic acids is 1. The normalized spacial score (nSPS) is 10.1. The molecule has 1 aromatic rings. The van der Waals surface area contributed by atoms with Crippen molar-refractivity contribution >= 4 is 11.9 Å². The second kappa shape index (κ2) is 8.11. The molecule has 7 heteroatoms. The van der Waals surface area contributed by atoms with Gasteiger partial charge in [0.15, 0.2) is 0 Å². The molecule has 110 valence electrons. The average molecular weight is 285 g/mol. The summed E-state index contributed by atoms with van der Waals surface area (Å²) in [6, 6.07) is 5.55. The van der Waals surface area contributed by atoms with Crippen molar-refractivity contribution < 1.29 is 28.6 Å². The van der Waals surface area contributed by atoms with Gasteiger partial charge in [-0.05, 0) is 24.3 Å². The van der Waals surface area contributed by atoms with E-state index in [1.165, 1.54) is 29.2 Å². The van der Waals surface area contributed by atoms with Crippen LogP contribution in [0.4, 0.5) is 4.39 Å². The lowest BCUT2D eigenvalue weighted by atomic mass is 10.3. The van der Waals surface area contributed by atoms with Crippen molar-refractivity contribution in [1.82, 2.24) is 4.90 Å². The summed E-state index contributed by atoms with van der Waals surface area (Å²) in [6.07, 6.45) is 0. The third-order valence-corrected chi connectivity index (χ3v) is 2.39. The average Bonchev–Trinajstić information content (AvgIpc) is 2.40. The van der Waals surface area contributed by atoms with Crippen LogP contribution in [0.2, 0.25) is 0 Å². The number of aliphatic carboxylic acids is 1. The molecule has 0 bridgehead atoms. The fourth-order valence-electron chi connectivity index (χ4n) is 1.29. The molecule has 1 rings (SSSR count). The van der Waals surface area contributed by atoms with Crippen LogP contribution in [0.15, 0.2) is 24.3 Å². The number of rotatable bonds is 8. The highest BCUT2D eigenvalue weighted by Gasteiger charge is 2.09. The zero-order chi connectivity index (χ0) is 15.0. The Morgan fingerprint density at radius 1 is 1.25 bits per heavy atom. The van der Waals surface area contributed by atoms with Gasteiger partial charge >= 0.3 is 5.97 Å². The molecular weight excluding hydrogens is 269 g/mol. The minimum Gasteiger partial charge on any atom is -0.492 e. The van der Waals surface area contributed by atoms with Crippen LogP contribution < -0.4 is 4.74 Å². The molecule has 0 aromatic heterocycles. The molecule has 1 amide bonds. The van der Waals surface area contributed by atoms with Crippen LogP contribution in [0.1, 0.15) is 0 Å². The van der Waals surface area contributed by atoms with Crippen LogP contribution in [-0.2, 0) is 14.3 Å². The molecule has 0 heterocycles. The van der Waals surface area contributed by atoms with Crippen molar-refractivity contribution in [3.63, 3.8) is 0 Å². The maximum absolute atomic E-state index is 12.7. The molecule has 0 unspecified atom stereocenters. The van der Waals surface area contributed by atoms with Crippen LogP contribution >= 0.6 is 0 Å². The van der Waals surface area contributed by atoms with Gasteiger partial charge in [0, 0.05) is 7.05 Å². The molecule has 1 N–H and O–H groups in total. The Bertz CT molecular complexity index is 449. The minimum absolute atomic E-state index is 0.243. The van der Waals surface area contributed by atoms with Crippen molar-refractivity contribution in [2.75, 3.05) is 33.4 Å². The predicted molar refractivity (Wildman–Crippen MR) is 68.0 cm³/mol. The molecule has 0 radical (unpaired) electrons. The van der Waals surface area contributed by atoms with E-state index in [2.05, 4.69) is 4.74 Å². The van der Waals surface area contributed by atoms with E-state index >= 15 is 0 Å². The number of hydrogen-bond acceptors (Lipinski definition) is 4. The van der Waals surface area contributed by atoms with Gasteiger partial charge in [-0.3, -0.25) is 4.79 Å². The third-order valence-electron chi connectivity index (χ3n) is 2.39. The highest BCUT2D eigenvalue weighted by Crippen LogP contribution is 2.10. The minimum atomic E-state index is -1.12. The van der Waals surface area contributed by atoms with E-state index in [0.29, 0.717) is 12.3 Å². The Hall–Kier alpha value is -2.15. The first-order valence-corrected chi connectivity index (χ1v) is 5.91. The molecule has 0 saturated carbocycles. The lowest BCUT2D eigenvalue weighted by Crippen LogP contribution is -2.34. The topological polar surface area (TPSA) is 76.1 Å². The summed E-state index contributed by atoms with van der Waals surface area (Å²) in [7, 11) is 1.56. The SMILES string of the molecule is CN(CCOc1ccc(F)cc1)C(=O)COCC(=O)O. The summed E-state index contributed by atoms with van der Waals surface area (Å²) in [6.45, 7) is -0.246. The van der Waals surface area contributed by atoms with E-state index < -0.39 is 12.6 Å². The number of carboxylic acids is 1. The number of halogens is 1. The van der Waals surface area contributed by atoms with Gasteiger partial charge in [0.1, 0.15) is 31.4 Å². The van der Waals surface area contributed by atoms with Crippen LogP contribution in [-0.4, -0.2) is 55.3 Å². The Labute approximate surface area is 115 Å².